The van der Waals surface area contributed by atoms with E-state index in [1.807, 2.05) is 13.0 Å². The van der Waals surface area contributed by atoms with Crippen LogP contribution in [-0.2, 0) is 5.41 Å². The van der Waals surface area contributed by atoms with Gasteiger partial charge in [-0.15, -0.1) is 0 Å². The Morgan fingerprint density at radius 2 is 2.19 bits per heavy atom. The first-order chi connectivity index (χ1) is 7.55. The largest absolute Gasteiger partial charge is 0.506 e. The summed E-state index contributed by atoms with van der Waals surface area (Å²) in [6.45, 7) is 2.55. The van der Waals surface area contributed by atoms with Crippen LogP contribution in [0.3, 0.4) is 0 Å². The lowest BCUT2D eigenvalue weighted by Gasteiger charge is -2.19. The zero-order valence-corrected chi connectivity index (χ0v) is 11.1. The number of halogens is 1. The lowest BCUT2D eigenvalue weighted by Crippen LogP contribution is -2.20. The molecule has 3 N–H and O–H groups in total. The second-order valence-corrected chi connectivity index (χ2v) is 5.21. The van der Waals surface area contributed by atoms with E-state index in [9.17, 15) is 5.11 Å². The molecule has 1 aliphatic rings. The molecule has 1 aromatic carbocycles. The van der Waals surface area contributed by atoms with Crippen molar-refractivity contribution in [2.75, 3.05) is 13.7 Å². The first-order valence-corrected chi connectivity index (χ1v) is 6.11. The van der Waals surface area contributed by atoms with Crippen molar-refractivity contribution in [3.63, 3.8) is 0 Å². The van der Waals surface area contributed by atoms with Crippen molar-refractivity contribution in [3.05, 3.63) is 21.7 Å². The van der Waals surface area contributed by atoms with Crippen LogP contribution in [0.15, 0.2) is 10.5 Å². The highest BCUT2D eigenvalue weighted by Gasteiger charge is 2.45. The van der Waals surface area contributed by atoms with E-state index in [1.54, 1.807) is 7.11 Å². The molecular weight excluding hydrogens is 270 g/mol. The number of nitrogens with two attached hydrogens (primary N) is 1. The van der Waals surface area contributed by atoms with Gasteiger partial charge >= 0.3 is 0 Å². The van der Waals surface area contributed by atoms with Crippen LogP contribution < -0.4 is 10.5 Å². The Labute approximate surface area is 104 Å². The number of phenolic OH excluding ortho intramolecular Hbond substituents is 1. The summed E-state index contributed by atoms with van der Waals surface area (Å²) < 4.78 is 5.87. The SMILES string of the molecule is COc1c(C)cc(C2(CN)CC2)c(O)c1Br. The van der Waals surface area contributed by atoms with Crippen molar-refractivity contribution >= 4 is 15.9 Å². The first-order valence-electron chi connectivity index (χ1n) is 5.32. The molecule has 1 fully saturated rings. The third-order valence-corrected chi connectivity index (χ3v) is 4.14. The van der Waals surface area contributed by atoms with Crippen LogP contribution in [0.1, 0.15) is 24.0 Å². The van der Waals surface area contributed by atoms with Crippen molar-refractivity contribution in [2.45, 2.75) is 25.2 Å². The lowest BCUT2D eigenvalue weighted by atomic mass is 9.93. The molecule has 0 heterocycles. The molecule has 4 heteroatoms. The molecular formula is C12H16BrNO2. The second-order valence-electron chi connectivity index (χ2n) is 4.42. The quantitative estimate of drug-likeness (QED) is 0.897. The van der Waals surface area contributed by atoms with Crippen molar-refractivity contribution < 1.29 is 9.84 Å². The molecule has 1 aliphatic carbocycles. The van der Waals surface area contributed by atoms with Crippen LogP contribution >= 0.6 is 15.9 Å². The Morgan fingerprint density at radius 1 is 1.56 bits per heavy atom. The van der Waals surface area contributed by atoms with Crippen LogP contribution in [0.2, 0.25) is 0 Å². The number of benzene rings is 1. The van der Waals surface area contributed by atoms with Gasteiger partial charge in [-0.2, -0.15) is 0 Å². The molecule has 1 saturated carbocycles. The maximum Gasteiger partial charge on any atom is 0.139 e. The van der Waals surface area contributed by atoms with E-state index in [0.717, 1.165) is 24.0 Å². The van der Waals surface area contributed by atoms with E-state index in [-0.39, 0.29) is 11.2 Å². The molecule has 3 nitrogen and oxygen atoms in total. The minimum absolute atomic E-state index is 0.0103. The Bertz CT molecular complexity index is 428. The van der Waals surface area contributed by atoms with Crippen LogP contribution in [-0.4, -0.2) is 18.8 Å². The fourth-order valence-corrected chi connectivity index (χ4v) is 2.83. The Kier molecular flexibility index (Phi) is 2.88. The monoisotopic (exact) mass is 285 g/mol. The molecule has 0 aromatic heterocycles. The van der Waals surface area contributed by atoms with Crippen molar-refractivity contribution in [1.29, 1.82) is 0 Å². The number of ether oxygens (including phenoxy) is 1. The summed E-state index contributed by atoms with van der Waals surface area (Å²) in [7, 11) is 1.60. The number of methoxy groups -OCH3 is 1. The third-order valence-electron chi connectivity index (χ3n) is 3.40. The second kappa shape index (κ2) is 3.93. The van der Waals surface area contributed by atoms with Crippen LogP contribution in [0.25, 0.3) is 0 Å². The van der Waals surface area contributed by atoms with Crippen LogP contribution in [0, 0.1) is 6.92 Å². The highest BCUT2D eigenvalue weighted by molar-refractivity contribution is 9.10. The van der Waals surface area contributed by atoms with Gasteiger partial charge in [-0.1, -0.05) is 0 Å². The number of hydrogen-bond donors (Lipinski definition) is 2. The van der Waals surface area contributed by atoms with Gasteiger partial charge in [0.05, 0.1) is 7.11 Å². The zero-order valence-electron chi connectivity index (χ0n) is 9.51. The van der Waals surface area contributed by atoms with Crippen LogP contribution in [0.5, 0.6) is 11.5 Å². The first kappa shape index (κ1) is 11.7. The number of rotatable bonds is 3. The molecule has 0 atom stereocenters. The number of phenols is 1. The van der Waals surface area contributed by atoms with Crippen molar-refractivity contribution in [1.82, 2.24) is 0 Å². The van der Waals surface area contributed by atoms with Gasteiger partial charge in [0.15, 0.2) is 0 Å². The minimum atomic E-state index is -0.0103. The fourth-order valence-electron chi connectivity index (χ4n) is 2.14. The van der Waals surface area contributed by atoms with Gasteiger partial charge in [0.1, 0.15) is 16.0 Å². The van der Waals surface area contributed by atoms with E-state index in [1.165, 1.54) is 0 Å². The highest BCUT2D eigenvalue weighted by atomic mass is 79.9. The van der Waals surface area contributed by atoms with E-state index in [2.05, 4.69) is 15.9 Å². The van der Waals surface area contributed by atoms with Crippen molar-refractivity contribution in [3.8, 4) is 11.5 Å². The normalized spacial score (nSPS) is 17.2. The molecule has 0 aliphatic heterocycles. The van der Waals surface area contributed by atoms with Gasteiger partial charge in [-0.3, -0.25) is 0 Å². The number of hydrogen-bond acceptors (Lipinski definition) is 3. The van der Waals surface area contributed by atoms with Crippen LogP contribution in [0.4, 0.5) is 0 Å². The Hall–Kier alpha value is -0.740. The maximum absolute atomic E-state index is 10.2. The van der Waals surface area contributed by atoms with Gasteiger partial charge in [0, 0.05) is 17.5 Å². The summed E-state index contributed by atoms with van der Waals surface area (Å²) in [6.07, 6.45) is 2.10. The van der Waals surface area contributed by atoms with Gasteiger partial charge in [0.2, 0.25) is 0 Å². The predicted molar refractivity (Wildman–Crippen MR) is 67.1 cm³/mol. The highest BCUT2D eigenvalue weighted by Crippen LogP contribution is 2.53. The topological polar surface area (TPSA) is 55.5 Å². The number of aromatic hydroxyl groups is 1. The lowest BCUT2D eigenvalue weighted by molar-refractivity contribution is 0.397. The third kappa shape index (κ3) is 1.60. The standard InChI is InChI=1S/C12H16BrNO2/c1-7-5-8(12(6-14)3-4-12)10(15)9(13)11(7)16-2/h5,15H,3-4,6,14H2,1-2H3. The summed E-state index contributed by atoms with van der Waals surface area (Å²) >= 11 is 3.38. The molecule has 1 aromatic rings. The van der Waals surface area contributed by atoms with Gasteiger partial charge in [-0.05, 0) is 47.3 Å². The molecule has 16 heavy (non-hydrogen) atoms. The molecule has 2 rings (SSSR count). The zero-order chi connectivity index (χ0) is 11.9. The van der Waals surface area contributed by atoms with Gasteiger partial charge in [0.25, 0.3) is 0 Å². The average Bonchev–Trinajstić information content (AvgIpc) is 3.05. The summed E-state index contributed by atoms with van der Waals surface area (Å²) in [5.74, 6) is 0.958. The fraction of sp³-hybridized carbons (Fsp3) is 0.500. The van der Waals surface area contributed by atoms with E-state index >= 15 is 0 Å². The Morgan fingerprint density at radius 3 is 2.62 bits per heavy atom. The molecule has 0 unspecified atom stereocenters. The minimum Gasteiger partial charge on any atom is -0.506 e. The molecule has 88 valence electrons. The molecule has 0 amide bonds. The summed E-state index contributed by atoms with van der Waals surface area (Å²) in [5.41, 5.74) is 7.73. The summed E-state index contributed by atoms with van der Waals surface area (Å²) in [4.78, 5) is 0. The molecule has 0 saturated heterocycles. The van der Waals surface area contributed by atoms with Gasteiger partial charge in [-0.25, -0.2) is 0 Å². The average molecular weight is 286 g/mol. The molecule has 0 spiro atoms. The summed E-state index contributed by atoms with van der Waals surface area (Å²) in [5, 5.41) is 10.2. The molecule has 0 radical (unpaired) electrons. The molecule has 0 bridgehead atoms. The predicted octanol–water partition coefficient (Wildman–Crippen LogP) is 2.46. The Balaban J connectivity index is 2.57. The maximum atomic E-state index is 10.2. The van der Waals surface area contributed by atoms with E-state index in [0.29, 0.717) is 16.8 Å². The van der Waals surface area contributed by atoms with E-state index < -0.39 is 0 Å². The van der Waals surface area contributed by atoms with E-state index in [4.69, 9.17) is 10.5 Å². The summed E-state index contributed by atoms with van der Waals surface area (Å²) in [6, 6.07) is 1.98. The van der Waals surface area contributed by atoms with Gasteiger partial charge < -0.3 is 15.6 Å². The number of aryl methyl sites for hydroxylation is 1. The smallest absolute Gasteiger partial charge is 0.139 e. The van der Waals surface area contributed by atoms with Crippen molar-refractivity contribution in [2.24, 2.45) is 5.73 Å².